The lowest BCUT2D eigenvalue weighted by Gasteiger charge is -2.36. The number of nitrogens with one attached hydrogen (secondary N) is 2. The van der Waals surface area contributed by atoms with Crippen LogP contribution in [0.15, 0.2) is 18.5 Å². The van der Waals surface area contributed by atoms with Gasteiger partial charge < -0.3 is 30.9 Å². The van der Waals surface area contributed by atoms with Crippen LogP contribution in [0.25, 0.3) is 0 Å². The molecule has 3 heterocycles. The first-order valence-electron chi connectivity index (χ1n) is 11.5. The summed E-state index contributed by atoms with van der Waals surface area (Å²) in [6.07, 6.45) is 4.24. The van der Waals surface area contributed by atoms with Gasteiger partial charge in [-0.1, -0.05) is 11.6 Å². The molecular weight excluding hydrogens is 460 g/mol. The van der Waals surface area contributed by atoms with E-state index in [1.54, 1.807) is 12.4 Å². The van der Waals surface area contributed by atoms with Crippen LogP contribution in [0.2, 0.25) is 5.02 Å². The Morgan fingerprint density at radius 2 is 2.06 bits per heavy atom. The summed E-state index contributed by atoms with van der Waals surface area (Å²) in [6.45, 7) is 5.99. The number of aliphatic hydroxyl groups excluding tert-OH is 1. The molecule has 4 rings (SSSR count). The van der Waals surface area contributed by atoms with E-state index in [-0.39, 0.29) is 28.1 Å². The minimum Gasteiger partial charge on any atom is -0.489 e. The number of aromatic nitrogens is 2. The maximum atomic E-state index is 13.0. The summed E-state index contributed by atoms with van der Waals surface area (Å²) < 4.78 is 11.4. The van der Waals surface area contributed by atoms with Crippen LogP contribution < -0.4 is 25.8 Å². The Bertz CT molecular complexity index is 1020. The summed E-state index contributed by atoms with van der Waals surface area (Å²) in [5.74, 6) is 1.02. The number of hydrogen-bond acceptors (Lipinski definition) is 9. The number of piperidine rings is 1. The lowest BCUT2D eigenvalue weighted by Crippen LogP contribution is -2.48. The SMILES string of the molecule is Cc1nccnc1NCCN1CC[C@@H](CNC(=O)c2cc(N)c(Cl)c3c2OCCCO3)[C@H](O)C1. The van der Waals surface area contributed by atoms with Crippen molar-refractivity contribution >= 4 is 29.0 Å². The van der Waals surface area contributed by atoms with Crippen LogP contribution in [0, 0.1) is 12.8 Å². The zero-order valence-electron chi connectivity index (χ0n) is 19.2. The molecule has 0 aliphatic carbocycles. The third-order valence-corrected chi connectivity index (χ3v) is 6.55. The Hall–Kier alpha value is -2.82. The number of anilines is 2. The maximum absolute atomic E-state index is 13.0. The van der Waals surface area contributed by atoms with Gasteiger partial charge in [0.1, 0.15) is 10.8 Å². The number of rotatable bonds is 7. The third-order valence-electron chi connectivity index (χ3n) is 6.16. The number of fused-ring (bicyclic) bond motifs is 1. The third kappa shape index (κ3) is 5.63. The van der Waals surface area contributed by atoms with Crippen LogP contribution in [-0.4, -0.2) is 77.9 Å². The van der Waals surface area contributed by atoms with Crippen molar-refractivity contribution in [2.45, 2.75) is 25.9 Å². The normalized spacial score (nSPS) is 20.4. The molecule has 2 atom stereocenters. The number of benzene rings is 1. The highest BCUT2D eigenvalue weighted by atomic mass is 35.5. The molecule has 0 unspecified atom stereocenters. The predicted molar refractivity (Wildman–Crippen MR) is 130 cm³/mol. The Morgan fingerprint density at radius 3 is 2.82 bits per heavy atom. The van der Waals surface area contributed by atoms with Crippen LogP contribution in [0.5, 0.6) is 11.5 Å². The van der Waals surface area contributed by atoms with Gasteiger partial charge in [-0.15, -0.1) is 0 Å². The van der Waals surface area contributed by atoms with E-state index in [4.69, 9.17) is 26.8 Å². The topological polar surface area (TPSA) is 135 Å². The first-order chi connectivity index (χ1) is 16.4. The smallest absolute Gasteiger partial charge is 0.255 e. The molecule has 0 bridgehead atoms. The molecule has 34 heavy (non-hydrogen) atoms. The van der Waals surface area contributed by atoms with Crippen LogP contribution >= 0.6 is 11.6 Å². The highest BCUT2D eigenvalue weighted by Gasteiger charge is 2.29. The first kappa shape index (κ1) is 24.3. The van der Waals surface area contributed by atoms with E-state index in [9.17, 15) is 9.90 Å². The molecule has 5 N–H and O–H groups in total. The second-order valence-electron chi connectivity index (χ2n) is 8.58. The van der Waals surface area contributed by atoms with E-state index in [1.165, 1.54) is 6.07 Å². The number of likely N-dealkylation sites (tertiary alicyclic amines) is 1. The molecule has 2 aromatic rings. The van der Waals surface area contributed by atoms with Crippen molar-refractivity contribution < 1.29 is 19.4 Å². The Morgan fingerprint density at radius 1 is 1.29 bits per heavy atom. The second-order valence-corrected chi connectivity index (χ2v) is 8.96. The average molecular weight is 491 g/mol. The van der Waals surface area contributed by atoms with Crippen molar-refractivity contribution in [1.29, 1.82) is 0 Å². The monoisotopic (exact) mass is 490 g/mol. The van der Waals surface area contributed by atoms with Crippen molar-refractivity contribution in [3.8, 4) is 11.5 Å². The Balaban J connectivity index is 1.28. The molecule has 184 valence electrons. The number of amides is 1. The van der Waals surface area contributed by atoms with E-state index in [0.29, 0.717) is 50.8 Å². The number of carbonyl (C=O) groups excluding carboxylic acids is 1. The lowest BCUT2D eigenvalue weighted by molar-refractivity contribution is 0.0237. The van der Waals surface area contributed by atoms with Gasteiger partial charge in [0.05, 0.1) is 36.3 Å². The number of halogens is 1. The largest absolute Gasteiger partial charge is 0.489 e. The minimum absolute atomic E-state index is 0.0455. The summed E-state index contributed by atoms with van der Waals surface area (Å²) in [7, 11) is 0. The molecule has 10 nitrogen and oxygen atoms in total. The number of aliphatic hydroxyl groups is 1. The molecule has 0 radical (unpaired) electrons. The standard InChI is InChI=1S/C23H31ClN6O4/c1-14-22(27-5-4-26-14)28-6-8-30-7-3-15(18(31)13-30)12-29-23(32)16-11-17(25)19(24)21-20(16)33-9-2-10-34-21/h4-5,11,15,18,31H,2-3,6-10,12-13,25H2,1H3,(H,27,28)(H,29,32)/t15-,18+/m0/s1. The second kappa shape index (κ2) is 11.1. The number of nitrogen functional groups attached to an aromatic ring is 1. The number of β-amino-alcohol motifs (C(OH)–C–C–N with tert-alkyl or cyclic N) is 1. The van der Waals surface area contributed by atoms with E-state index in [0.717, 1.165) is 31.0 Å². The van der Waals surface area contributed by atoms with Gasteiger partial charge in [-0.2, -0.15) is 0 Å². The number of aryl methyl sites for hydroxylation is 1. The van der Waals surface area contributed by atoms with Crippen LogP contribution in [0.4, 0.5) is 11.5 Å². The molecule has 2 aliphatic heterocycles. The quantitative estimate of drug-likeness (QED) is 0.427. The van der Waals surface area contributed by atoms with Crippen molar-refractivity contribution in [3.63, 3.8) is 0 Å². The summed E-state index contributed by atoms with van der Waals surface area (Å²) in [6, 6.07) is 1.51. The highest BCUT2D eigenvalue weighted by Crippen LogP contribution is 2.43. The average Bonchev–Trinajstić information content (AvgIpc) is 3.08. The predicted octanol–water partition coefficient (Wildman–Crippen LogP) is 1.71. The zero-order valence-corrected chi connectivity index (χ0v) is 20.0. The number of nitrogens with zero attached hydrogens (tertiary/aromatic N) is 3. The Kier molecular flexibility index (Phi) is 7.91. The highest BCUT2D eigenvalue weighted by molar-refractivity contribution is 6.35. The number of ether oxygens (including phenoxy) is 2. The van der Waals surface area contributed by atoms with Gasteiger partial charge in [-0.25, -0.2) is 4.98 Å². The fourth-order valence-electron chi connectivity index (χ4n) is 4.21. The van der Waals surface area contributed by atoms with Gasteiger partial charge in [0.25, 0.3) is 5.91 Å². The summed E-state index contributed by atoms with van der Waals surface area (Å²) in [4.78, 5) is 23.7. The molecule has 1 aromatic heterocycles. The van der Waals surface area contributed by atoms with Crippen LogP contribution in [-0.2, 0) is 0 Å². The van der Waals surface area contributed by atoms with Gasteiger partial charge in [0.2, 0.25) is 0 Å². The van der Waals surface area contributed by atoms with Crippen molar-refractivity contribution in [2.24, 2.45) is 5.92 Å². The molecule has 0 saturated carbocycles. The van der Waals surface area contributed by atoms with Crippen molar-refractivity contribution in [3.05, 3.63) is 34.7 Å². The molecule has 1 fully saturated rings. The van der Waals surface area contributed by atoms with Crippen LogP contribution in [0.1, 0.15) is 28.9 Å². The molecule has 2 aliphatic rings. The summed E-state index contributed by atoms with van der Waals surface area (Å²) >= 11 is 6.26. The molecule has 1 saturated heterocycles. The van der Waals surface area contributed by atoms with Crippen LogP contribution in [0.3, 0.4) is 0 Å². The van der Waals surface area contributed by atoms with E-state index >= 15 is 0 Å². The van der Waals surface area contributed by atoms with Crippen molar-refractivity contribution in [1.82, 2.24) is 20.2 Å². The van der Waals surface area contributed by atoms with Gasteiger partial charge in [-0.3, -0.25) is 14.7 Å². The maximum Gasteiger partial charge on any atom is 0.255 e. The van der Waals surface area contributed by atoms with Gasteiger partial charge >= 0.3 is 0 Å². The molecule has 0 spiro atoms. The molecule has 1 amide bonds. The van der Waals surface area contributed by atoms with Gasteiger partial charge in [0, 0.05) is 50.9 Å². The number of hydrogen-bond donors (Lipinski definition) is 4. The zero-order chi connectivity index (χ0) is 24.1. The number of nitrogens with two attached hydrogens (primary N) is 1. The lowest BCUT2D eigenvalue weighted by atomic mass is 9.93. The molecule has 1 aromatic carbocycles. The Labute approximate surface area is 203 Å². The van der Waals surface area contributed by atoms with Gasteiger partial charge in [0.15, 0.2) is 11.5 Å². The van der Waals surface area contributed by atoms with E-state index < -0.39 is 6.10 Å². The molecular formula is C23H31ClN6O4. The van der Waals surface area contributed by atoms with E-state index in [2.05, 4.69) is 25.5 Å². The van der Waals surface area contributed by atoms with E-state index in [1.807, 2.05) is 6.92 Å². The van der Waals surface area contributed by atoms with Crippen molar-refractivity contribution in [2.75, 3.05) is 57.0 Å². The fraction of sp³-hybridized carbons (Fsp3) is 0.522. The fourth-order valence-corrected chi connectivity index (χ4v) is 4.40. The number of carbonyl (C=O) groups is 1. The minimum atomic E-state index is -0.542. The summed E-state index contributed by atoms with van der Waals surface area (Å²) in [5, 5.41) is 17.1. The summed E-state index contributed by atoms with van der Waals surface area (Å²) in [5.41, 5.74) is 7.39. The molecule has 11 heteroatoms. The van der Waals surface area contributed by atoms with Gasteiger partial charge in [-0.05, 0) is 26.0 Å². The first-order valence-corrected chi connectivity index (χ1v) is 11.9.